The molecule has 0 saturated heterocycles. The smallest absolute Gasteiger partial charge is 0.255 e. The van der Waals surface area contributed by atoms with Gasteiger partial charge in [-0.1, -0.05) is 30.3 Å². The topological polar surface area (TPSA) is 71.8 Å². The summed E-state index contributed by atoms with van der Waals surface area (Å²) in [5.41, 5.74) is 3.63. The van der Waals surface area contributed by atoms with Gasteiger partial charge >= 0.3 is 0 Å². The molecule has 6 nitrogen and oxygen atoms in total. The van der Waals surface area contributed by atoms with Gasteiger partial charge in [0.2, 0.25) is 5.95 Å². The number of fused-ring (bicyclic) bond motifs is 1. The van der Waals surface area contributed by atoms with E-state index in [1.165, 1.54) is 18.5 Å². The maximum Gasteiger partial charge on any atom is 0.255 e. The first kappa shape index (κ1) is 17.0. The zero-order valence-corrected chi connectivity index (χ0v) is 14.9. The first-order valence-electron chi connectivity index (χ1n) is 8.54. The highest BCUT2D eigenvalue weighted by Crippen LogP contribution is 2.35. The van der Waals surface area contributed by atoms with E-state index in [1.807, 2.05) is 38.1 Å². The van der Waals surface area contributed by atoms with Gasteiger partial charge < -0.3 is 10.6 Å². The number of amides is 1. The molecule has 1 amide bonds. The Hall–Kier alpha value is -3.48. The Bertz CT molecular complexity index is 1040. The van der Waals surface area contributed by atoms with Crippen molar-refractivity contribution in [3.8, 4) is 0 Å². The standard InChI is InChI=1S/C20H18FN5O/c1-12-5-3-4-6-16(12)25-19(27)17-13(2)24-20-22-11-23-26(20)18(17)14-7-9-15(21)10-8-14/h3-11,18H,1-2H3,(H,25,27)(H,22,23,24)/t18-/m1/s1. The van der Waals surface area contributed by atoms with Crippen LogP contribution in [0, 0.1) is 12.7 Å². The van der Waals surface area contributed by atoms with E-state index in [4.69, 9.17) is 0 Å². The molecule has 1 aliphatic rings. The van der Waals surface area contributed by atoms with Gasteiger partial charge in [-0.25, -0.2) is 9.07 Å². The molecule has 1 aliphatic heterocycles. The van der Waals surface area contributed by atoms with E-state index in [0.29, 0.717) is 17.2 Å². The number of allylic oxidation sites excluding steroid dienone is 1. The molecule has 136 valence electrons. The number of aromatic nitrogens is 3. The maximum absolute atomic E-state index is 13.4. The van der Waals surface area contributed by atoms with Crippen LogP contribution in [-0.2, 0) is 4.79 Å². The minimum Gasteiger partial charge on any atom is -0.328 e. The summed E-state index contributed by atoms with van der Waals surface area (Å²) in [6.07, 6.45) is 1.42. The summed E-state index contributed by atoms with van der Waals surface area (Å²) in [5.74, 6) is -0.0443. The molecule has 27 heavy (non-hydrogen) atoms. The van der Waals surface area contributed by atoms with E-state index >= 15 is 0 Å². The number of para-hydroxylation sites is 1. The Morgan fingerprint density at radius 2 is 1.89 bits per heavy atom. The molecule has 2 N–H and O–H groups in total. The zero-order valence-electron chi connectivity index (χ0n) is 14.9. The summed E-state index contributed by atoms with van der Waals surface area (Å²) in [7, 11) is 0. The van der Waals surface area contributed by atoms with Crippen LogP contribution in [0.5, 0.6) is 0 Å². The molecule has 0 fully saturated rings. The Kier molecular flexibility index (Phi) is 4.19. The average molecular weight is 363 g/mol. The highest BCUT2D eigenvalue weighted by Gasteiger charge is 2.33. The molecule has 0 radical (unpaired) electrons. The highest BCUT2D eigenvalue weighted by molar-refractivity contribution is 6.06. The van der Waals surface area contributed by atoms with Crippen molar-refractivity contribution in [1.82, 2.24) is 14.8 Å². The normalized spacial score (nSPS) is 15.9. The van der Waals surface area contributed by atoms with Gasteiger partial charge in [-0.3, -0.25) is 4.79 Å². The summed E-state index contributed by atoms with van der Waals surface area (Å²) in [5, 5.41) is 10.4. The summed E-state index contributed by atoms with van der Waals surface area (Å²) in [6.45, 7) is 3.75. The lowest BCUT2D eigenvalue weighted by Crippen LogP contribution is -2.31. The third-order valence-electron chi connectivity index (χ3n) is 4.62. The molecule has 4 rings (SSSR count). The van der Waals surface area contributed by atoms with Gasteiger partial charge in [-0.15, -0.1) is 0 Å². The van der Waals surface area contributed by atoms with Crippen molar-refractivity contribution in [2.24, 2.45) is 0 Å². The van der Waals surface area contributed by atoms with Crippen molar-refractivity contribution in [3.05, 3.63) is 83.1 Å². The van der Waals surface area contributed by atoms with Crippen molar-refractivity contribution in [3.63, 3.8) is 0 Å². The van der Waals surface area contributed by atoms with Gasteiger partial charge in [0.25, 0.3) is 5.91 Å². The fraction of sp³-hybridized carbons (Fsp3) is 0.150. The van der Waals surface area contributed by atoms with Crippen molar-refractivity contribution in [2.45, 2.75) is 19.9 Å². The van der Waals surface area contributed by atoms with Crippen LogP contribution in [0.15, 0.2) is 66.1 Å². The SMILES string of the molecule is CC1=C(C(=O)Nc2ccccc2C)[C@@H](c2ccc(F)cc2)n2ncnc2N1. The number of hydrogen-bond acceptors (Lipinski definition) is 4. The number of halogens is 1. The first-order chi connectivity index (χ1) is 13.0. The van der Waals surface area contributed by atoms with E-state index < -0.39 is 6.04 Å². The molecule has 0 saturated carbocycles. The number of anilines is 2. The second-order valence-electron chi connectivity index (χ2n) is 6.42. The molecule has 1 atom stereocenters. The largest absolute Gasteiger partial charge is 0.328 e. The first-order valence-corrected chi connectivity index (χ1v) is 8.54. The van der Waals surface area contributed by atoms with Crippen LogP contribution < -0.4 is 10.6 Å². The third-order valence-corrected chi connectivity index (χ3v) is 4.62. The Balaban J connectivity index is 1.77. The molecule has 7 heteroatoms. The third kappa shape index (κ3) is 3.08. The van der Waals surface area contributed by atoms with Crippen LogP contribution in [0.3, 0.4) is 0 Å². The van der Waals surface area contributed by atoms with Gasteiger partial charge in [-0.2, -0.15) is 10.1 Å². The summed E-state index contributed by atoms with van der Waals surface area (Å²) in [4.78, 5) is 17.4. The van der Waals surface area contributed by atoms with E-state index in [1.54, 1.807) is 16.8 Å². The number of nitrogens with zero attached hydrogens (tertiary/aromatic N) is 3. The monoisotopic (exact) mass is 363 g/mol. The van der Waals surface area contributed by atoms with E-state index in [0.717, 1.165) is 16.8 Å². The lowest BCUT2D eigenvalue weighted by molar-refractivity contribution is -0.113. The maximum atomic E-state index is 13.4. The lowest BCUT2D eigenvalue weighted by atomic mass is 9.95. The van der Waals surface area contributed by atoms with Crippen molar-refractivity contribution in [1.29, 1.82) is 0 Å². The van der Waals surface area contributed by atoms with E-state index in [-0.39, 0.29) is 11.7 Å². The van der Waals surface area contributed by atoms with Gasteiger partial charge in [-0.05, 0) is 43.2 Å². The van der Waals surface area contributed by atoms with Crippen LogP contribution in [0.1, 0.15) is 24.1 Å². The molecule has 1 aromatic heterocycles. The van der Waals surface area contributed by atoms with E-state index in [2.05, 4.69) is 20.7 Å². The molecule has 0 spiro atoms. The zero-order chi connectivity index (χ0) is 19.0. The highest BCUT2D eigenvalue weighted by atomic mass is 19.1. The number of carbonyl (C=O) groups excluding carboxylic acids is 1. The summed E-state index contributed by atoms with van der Waals surface area (Å²) in [6, 6.07) is 13.1. The van der Waals surface area contributed by atoms with Gasteiger partial charge in [0, 0.05) is 11.4 Å². The predicted molar refractivity (Wildman–Crippen MR) is 101 cm³/mol. The summed E-state index contributed by atoms with van der Waals surface area (Å²) < 4.78 is 15.0. The minimum absolute atomic E-state index is 0.246. The second kappa shape index (κ2) is 6.68. The number of hydrogen-bond donors (Lipinski definition) is 2. The number of nitrogens with one attached hydrogen (secondary N) is 2. The minimum atomic E-state index is -0.506. The number of carbonyl (C=O) groups is 1. The van der Waals surface area contributed by atoms with Crippen LogP contribution in [0.4, 0.5) is 16.0 Å². The summed E-state index contributed by atoms with van der Waals surface area (Å²) >= 11 is 0. The molecule has 2 heterocycles. The second-order valence-corrected chi connectivity index (χ2v) is 6.42. The Morgan fingerprint density at radius 3 is 2.63 bits per heavy atom. The van der Waals surface area contributed by atoms with Crippen LogP contribution in [-0.4, -0.2) is 20.7 Å². The Labute approximate surface area is 155 Å². The van der Waals surface area contributed by atoms with Crippen molar-refractivity contribution in [2.75, 3.05) is 10.6 Å². The fourth-order valence-corrected chi connectivity index (χ4v) is 3.24. The van der Waals surface area contributed by atoms with Crippen molar-refractivity contribution >= 4 is 17.5 Å². The van der Waals surface area contributed by atoms with Crippen LogP contribution in [0.2, 0.25) is 0 Å². The Morgan fingerprint density at radius 1 is 1.15 bits per heavy atom. The molecule has 3 aromatic rings. The number of benzene rings is 2. The quantitative estimate of drug-likeness (QED) is 0.745. The molecule has 2 aromatic carbocycles. The molecule has 0 aliphatic carbocycles. The van der Waals surface area contributed by atoms with Crippen LogP contribution >= 0.6 is 0 Å². The van der Waals surface area contributed by atoms with Crippen LogP contribution in [0.25, 0.3) is 0 Å². The molecule has 0 unspecified atom stereocenters. The lowest BCUT2D eigenvalue weighted by Gasteiger charge is -2.28. The molecular formula is C20H18FN5O. The van der Waals surface area contributed by atoms with Gasteiger partial charge in [0.05, 0.1) is 5.57 Å². The molecule has 0 bridgehead atoms. The van der Waals surface area contributed by atoms with Gasteiger partial charge in [0.15, 0.2) is 0 Å². The fourth-order valence-electron chi connectivity index (χ4n) is 3.24. The van der Waals surface area contributed by atoms with Gasteiger partial charge in [0.1, 0.15) is 18.2 Å². The predicted octanol–water partition coefficient (Wildman–Crippen LogP) is 3.65. The number of rotatable bonds is 3. The number of aryl methyl sites for hydroxylation is 1. The van der Waals surface area contributed by atoms with Crippen molar-refractivity contribution < 1.29 is 9.18 Å². The molecular weight excluding hydrogens is 345 g/mol. The average Bonchev–Trinajstić information content (AvgIpc) is 3.11. The van der Waals surface area contributed by atoms with E-state index in [9.17, 15) is 9.18 Å².